The zero-order valence-corrected chi connectivity index (χ0v) is 8.35. The van der Waals surface area contributed by atoms with Gasteiger partial charge in [0.05, 0.1) is 0 Å². The quantitative estimate of drug-likeness (QED) is 0.633. The molecular formula is C10H9NO5. The van der Waals surface area contributed by atoms with Crippen LogP contribution in [0.15, 0.2) is 15.3 Å². The molecule has 84 valence electrons. The molecule has 0 fully saturated rings. The number of nitrogens with one attached hydrogen (secondary N) is 1. The first kappa shape index (κ1) is 10.4. The first-order valence-corrected chi connectivity index (χ1v) is 4.58. The molecule has 0 aromatic carbocycles. The Hall–Kier alpha value is -2.08. The van der Waals surface area contributed by atoms with E-state index < -0.39 is 23.2 Å². The van der Waals surface area contributed by atoms with Gasteiger partial charge in [0.2, 0.25) is 17.3 Å². The second-order valence-corrected chi connectivity index (χ2v) is 3.26. The highest BCUT2D eigenvalue weighted by Gasteiger charge is 2.35. The fourth-order valence-electron chi connectivity index (χ4n) is 1.44. The number of aliphatic hydroxyl groups is 1. The average molecular weight is 223 g/mol. The van der Waals surface area contributed by atoms with E-state index in [0.717, 1.165) is 0 Å². The third-order valence-electron chi connectivity index (χ3n) is 2.19. The second kappa shape index (κ2) is 3.49. The Morgan fingerprint density at radius 2 is 2.12 bits per heavy atom. The van der Waals surface area contributed by atoms with E-state index in [9.17, 15) is 19.8 Å². The Bertz CT molecular complexity index is 543. The largest absolute Gasteiger partial charge is 0.501 e. The summed E-state index contributed by atoms with van der Waals surface area (Å²) in [6, 6.07) is 0. The zero-order valence-electron chi connectivity index (χ0n) is 8.35. The van der Waals surface area contributed by atoms with Crippen LogP contribution in [0.3, 0.4) is 0 Å². The lowest BCUT2D eigenvalue weighted by Gasteiger charge is -2.01. The smallest absolute Gasteiger partial charge is 0.251 e. The van der Waals surface area contributed by atoms with Gasteiger partial charge in [-0.25, -0.2) is 0 Å². The molecule has 2 rings (SSSR count). The van der Waals surface area contributed by atoms with E-state index in [2.05, 4.69) is 5.32 Å². The SMILES string of the molecule is C/C=C/c1oc2c(c(=O)c1O)NC(O)C2=O. The van der Waals surface area contributed by atoms with Crippen LogP contribution in [0.1, 0.15) is 23.2 Å². The van der Waals surface area contributed by atoms with Crippen molar-refractivity contribution in [3.63, 3.8) is 0 Å². The minimum Gasteiger partial charge on any atom is -0.501 e. The fourth-order valence-corrected chi connectivity index (χ4v) is 1.44. The third-order valence-corrected chi connectivity index (χ3v) is 2.19. The van der Waals surface area contributed by atoms with E-state index in [0.29, 0.717) is 0 Å². The van der Waals surface area contributed by atoms with Crippen molar-refractivity contribution in [1.82, 2.24) is 0 Å². The first-order valence-electron chi connectivity index (χ1n) is 4.58. The summed E-state index contributed by atoms with van der Waals surface area (Å²) in [5.41, 5.74) is -0.970. The van der Waals surface area contributed by atoms with E-state index in [1.807, 2.05) is 0 Å². The minimum absolute atomic E-state index is 0.101. The number of anilines is 1. The molecule has 16 heavy (non-hydrogen) atoms. The van der Waals surface area contributed by atoms with Crippen LogP contribution in [0.4, 0.5) is 5.69 Å². The van der Waals surface area contributed by atoms with Gasteiger partial charge in [-0.15, -0.1) is 0 Å². The van der Waals surface area contributed by atoms with Gasteiger partial charge < -0.3 is 19.9 Å². The van der Waals surface area contributed by atoms with Gasteiger partial charge in [-0.2, -0.15) is 0 Å². The Morgan fingerprint density at radius 1 is 1.44 bits per heavy atom. The van der Waals surface area contributed by atoms with Gasteiger partial charge in [0, 0.05) is 0 Å². The third kappa shape index (κ3) is 1.31. The van der Waals surface area contributed by atoms with Crippen LogP contribution in [-0.2, 0) is 0 Å². The lowest BCUT2D eigenvalue weighted by atomic mass is 10.2. The van der Waals surface area contributed by atoms with Crippen molar-refractivity contribution in [1.29, 1.82) is 0 Å². The molecule has 0 saturated carbocycles. The number of aromatic hydroxyl groups is 1. The average Bonchev–Trinajstić information content (AvgIpc) is 2.53. The van der Waals surface area contributed by atoms with E-state index in [1.54, 1.807) is 13.0 Å². The van der Waals surface area contributed by atoms with Gasteiger partial charge in [0.1, 0.15) is 5.69 Å². The van der Waals surface area contributed by atoms with Gasteiger partial charge in [0.25, 0.3) is 5.43 Å². The Labute approximate surface area is 89.8 Å². The van der Waals surface area contributed by atoms with Crippen molar-refractivity contribution in [3.05, 3.63) is 27.8 Å². The summed E-state index contributed by atoms with van der Waals surface area (Å²) in [5, 5.41) is 20.9. The van der Waals surface area contributed by atoms with Crippen LogP contribution in [0.25, 0.3) is 6.08 Å². The topological polar surface area (TPSA) is 99.8 Å². The summed E-state index contributed by atoms with van der Waals surface area (Å²) in [6.45, 7) is 1.67. The van der Waals surface area contributed by atoms with E-state index in [-0.39, 0.29) is 17.2 Å². The highest BCUT2D eigenvalue weighted by atomic mass is 16.4. The molecule has 0 spiro atoms. The molecule has 1 unspecified atom stereocenters. The molecule has 1 aromatic rings. The lowest BCUT2D eigenvalue weighted by Crippen LogP contribution is -2.21. The summed E-state index contributed by atoms with van der Waals surface area (Å²) in [4.78, 5) is 22.9. The van der Waals surface area contributed by atoms with Crippen molar-refractivity contribution in [2.24, 2.45) is 0 Å². The summed E-state index contributed by atoms with van der Waals surface area (Å²) in [5.74, 6) is -1.68. The molecule has 1 aliphatic rings. The molecule has 0 saturated heterocycles. The molecule has 2 heterocycles. The number of rotatable bonds is 1. The monoisotopic (exact) mass is 223 g/mol. The zero-order chi connectivity index (χ0) is 11.9. The van der Waals surface area contributed by atoms with Gasteiger partial charge >= 0.3 is 0 Å². The highest BCUT2D eigenvalue weighted by Crippen LogP contribution is 2.27. The number of aliphatic hydroxyl groups excluding tert-OH is 1. The molecular weight excluding hydrogens is 214 g/mol. The Morgan fingerprint density at radius 3 is 2.75 bits per heavy atom. The number of Topliss-reactive ketones (excluding diaryl/α,β-unsaturated/α-hetero) is 1. The van der Waals surface area contributed by atoms with Gasteiger partial charge in [0.15, 0.2) is 12.0 Å². The number of hydrogen-bond donors (Lipinski definition) is 3. The standard InChI is InChI=1S/C10H9NO5/c1-2-3-4-6(12)7(13)5-9(16-4)8(14)10(15)11-5/h2-3,10-12,15H,1H3/b3-2+. The molecule has 0 aliphatic carbocycles. The minimum atomic E-state index is -1.49. The predicted octanol–water partition coefficient (Wildman–Crippen LogP) is 0.305. The predicted molar refractivity (Wildman–Crippen MR) is 55.3 cm³/mol. The first-order chi connectivity index (χ1) is 7.56. The molecule has 0 bridgehead atoms. The molecule has 6 nitrogen and oxygen atoms in total. The van der Waals surface area contributed by atoms with E-state index >= 15 is 0 Å². The van der Waals surface area contributed by atoms with Gasteiger partial charge in [-0.1, -0.05) is 6.08 Å². The Balaban J connectivity index is 2.72. The molecule has 0 amide bonds. The van der Waals surface area contributed by atoms with E-state index in [4.69, 9.17) is 4.42 Å². The van der Waals surface area contributed by atoms with Crippen molar-refractivity contribution in [3.8, 4) is 5.75 Å². The molecule has 1 atom stereocenters. The number of fused-ring (bicyclic) bond motifs is 1. The van der Waals surface area contributed by atoms with Crippen molar-refractivity contribution < 1.29 is 19.4 Å². The van der Waals surface area contributed by atoms with Crippen molar-refractivity contribution in [2.45, 2.75) is 13.2 Å². The fraction of sp³-hybridized carbons (Fsp3) is 0.200. The van der Waals surface area contributed by atoms with Gasteiger partial charge in [-0.3, -0.25) is 9.59 Å². The van der Waals surface area contributed by atoms with Crippen molar-refractivity contribution in [2.75, 3.05) is 5.32 Å². The van der Waals surface area contributed by atoms with Gasteiger partial charge in [-0.05, 0) is 13.0 Å². The number of hydrogen-bond acceptors (Lipinski definition) is 6. The summed E-state index contributed by atoms with van der Waals surface area (Å²) < 4.78 is 5.05. The molecule has 6 heteroatoms. The highest BCUT2D eigenvalue weighted by molar-refractivity contribution is 6.07. The Kier molecular flexibility index (Phi) is 2.28. The maximum atomic E-state index is 11.6. The normalized spacial score (nSPS) is 18.9. The number of carbonyl (C=O) groups excluding carboxylic acids is 1. The van der Waals surface area contributed by atoms with Crippen LogP contribution < -0.4 is 10.7 Å². The maximum Gasteiger partial charge on any atom is 0.251 e. The molecule has 1 aliphatic heterocycles. The van der Waals surface area contributed by atoms with Crippen molar-refractivity contribution >= 4 is 17.5 Å². The number of ketones is 1. The van der Waals surface area contributed by atoms with Crippen LogP contribution in [0.5, 0.6) is 5.75 Å². The molecule has 1 aromatic heterocycles. The summed E-state index contributed by atoms with van der Waals surface area (Å²) >= 11 is 0. The molecule has 0 radical (unpaired) electrons. The second-order valence-electron chi connectivity index (χ2n) is 3.26. The number of allylic oxidation sites excluding steroid dienone is 1. The molecule has 3 N–H and O–H groups in total. The summed E-state index contributed by atoms with van der Waals surface area (Å²) in [6.07, 6.45) is 1.41. The van der Waals surface area contributed by atoms with Crippen LogP contribution >= 0.6 is 0 Å². The number of carbonyl (C=O) groups is 1. The van der Waals surface area contributed by atoms with Crippen LogP contribution in [0.2, 0.25) is 0 Å². The van der Waals surface area contributed by atoms with Crippen LogP contribution in [-0.4, -0.2) is 22.2 Å². The summed E-state index contributed by atoms with van der Waals surface area (Å²) in [7, 11) is 0. The van der Waals surface area contributed by atoms with Crippen LogP contribution in [0, 0.1) is 0 Å². The van der Waals surface area contributed by atoms with E-state index in [1.165, 1.54) is 6.08 Å². The maximum absolute atomic E-state index is 11.6. The lowest BCUT2D eigenvalue weighted by molar-refractivity contribution is 0.0788.